The van der Waals surface area contributed by atoms with Crippen LogP contribution in [0.4, 0.5) is 13.2 Å². The Morgan fingerprint density at radius 2 is 2.16 bits per heavy atom. The van der Waals surface area contributed by atoms with Crippen molar-refractivity contribution in [1.82, 2.24) is 0 Å². The molecule has 0 aliphatic carbocycles. The Morgan fingerprint density at radius 3 is 2.63 bits per heavy atom. The number of Topliss-reactive ketones (excluding diaryl/α,β-unsaturated/α-hetero) is 1. The van der Waals surface area contributed by atoms with E-state index in [1.807, 2.05) is 0 Å². The van der Waals surface area contributed by atoms with E-state index in [0.717, 1.165) is 6.07 Å². The lowest BCUT2D eigenvalue weighted by atomic mass is 9.95. The third-order valence-electron chi connectivity index (χ3n) is 2.37. The zero-order valence-electron chi connectivity index (χ0n) is 9.79. The molecule has 0 aliphatic rings. The van der Waals surface area contributed by atoms with Crippen LogP contribution in [0.1, 0.15) is 17.0 Å². The van der Waals surface area contributed by atoms with E-state index in [1.165, 1.54) is 13.2 Å². The molecule has 0 N–H and O–H groups in total. The molecule has 7 heteroatoms. The number of ketones is 1. The Kier molecular flexibility index (Phi) is 4.92. The number of rotatable bonds is 4. The molecule has 102 valence electrons. The summed E-state index contributed by atoms with van der Waals surface area (Å²) >= 11 is 5.46. The van der Waals surface area contributed by atoms with Crippen molar-refractivity contribution in [3.63, 3.8) is 0 Å². The second-order valence-electron chi connectivity index (χ2n) is 3.70. The van der Waals surface area contributed by atoms with Crippen LogP contribution < -0.4 is 0 Å². The minimum absolute atomic E-state index is 0.0544. The average molecular weight is 292 g/mol. The molecule has 1 unspecified atom stereocenters. The monoisotopic (exact) mass is 291 g/mol. The second-order valence-corrected chi connectivity index (χ2v) is 4.11. The molecule has 0 spiro atoms. The summed E-state index contributed by atoms with van der Waals surface area (Å²) in [5.41, 5.74) is -1.13. The number of nitrogens with zero attached hydrogens (tertiary/aromatic N) is 1. The zero-order valence-corrected chi connectivity index (χ0v) is 10.5. The number of hydrogen-bond acceptors (Lipinski definition) is 3. The van der Waals surface area contributed by atoms with Gasteiger partial charge in [0, 0.05) is 7.11 Å². The van der Waals surface area contributed by atoms with Crippen LogP contribution in [0.25, 0.3) is 0 Å². The van der Waals surface area contributed by atoms with Crippen LogP contribution in [0.3, 0.4) is 0 Å². The fraction of sp³-hybridized carbons (Fsp3) is 0.333. The Morgan fingerprint density at radius 1 is 1.53 bits per heavy atom. The second kappa shape index (κ2) is 6.04. The number of ether oxygens (including phenoxy) is 1. The predicted molar refractivity (Wildman–Crippen MR) is 61.7 cm³/mol. The van der Waals surface area contributed by atoms with Gasteiger partial charge in [-0.1, -0.05) is 17.7 Å². The summed E-state index contributed by atoms with van der Waals surface area (Å²) in [6.45, 7) is -0.345. The van der Waals surface area contributed by atoms with Crippen LogP contribution in [0.2, 0.25) is 5.02 Å². The van der Waals surface area contributed by atoms with Crippen LogP contribution in [0.5, 0.6) is 0 Å². The van der Waals surface area contributed by atoms with Crippen molar-refractivity contribution < 1.29 is 22.7 Å². The molecule has 0 amide bonds. The number of methoxy groups -OCH3 is 1. The minimum atomic E-state index is -4.64. The first-order valence-electron chi connectivity index (χ1n) is 5.09. The maximum Gasteiger partial charge on any atom is 0.417 e. The lowest BCUT2D eigenvalue weighted by molar-refractivity contribution is -0.137. The van der Waals surface area contributed by atoms with Gasteiger partial charge in [0.15, 0.2) is 5.78 Å². The normalized spacial score (nSPS) is 12.8. The number of halogens is 4. The number of hydrogen-bond donors (Lipinski definition) is 0. The SMILES string of the molecule is COCC(=O)C(C#N)c1ccc(Cl)c(C(F)(F)F)c1. The molecule has 0 heterocycles. The molecule has 0 aromatic heterocycles. The summed E-state index contributed by atoms with van der Waals surface area (Å²) < 4.78 is 42.6. The fourth-order valence-corrected chi connectivity index (χ4v) is 1.72. The third-order valence-corrected chi connectivity index (χ3v) is 2.70. The zero-order chi connectivity index (χ0) is 14.6. The highest BCUT2D eigenvalue weighted by molar-refractivity contribution is 6.31. The molecule has 0 fully saturated rings. The molecule has 0 saturated heterocycles. The van der Waals surface area contributed by atoms with Gasteiger partial charge in [0.25, 0.3) is 0 Å². The number of benzene rings is 1. The summed E-state index contributed by atoms with van der Waals surface area (Å²) in [5.74, 6) is -1.92. The lowest BCUT2D eigenvalue weighted by Gasteiger charge is -2.13. The summed E-state index contributed by atoms with van der Waals surface area (Å²) in [5, 5.41) is 8.42. The van der Waals surface area contributed by atoms with Gasteiger partial charge in [0.2, 0.25) is 0 Å². The van der Waals surface area contributed by atoms with Crippen LogP contribution in [0, 0.1) is 11.3 Å². The van der Waals surface area contributed by atoms with E-state index in [4.69, 9.17) is 16.9 Å². The lowest BCUT2D eigenvalue weighted by Crippen LogP contribution is -2.17. The topological polar surface area (TPSA) is 50.1 Å². The van der Waals surface area contributed by atoms with Crippen molar-refractivity contribution in [3.05, 3.63) is 34.3 Å². The van der Waals surface area contributed by atoms with Gasteiger partial charge in [-0.3, -0.25) is 4.79 Å². The largest absolute Gasteiger partial charge is 0.417 e. The molecule has 19 heavy (non-hydrogen) atoms. The first kappa shape index (κ1) is 15.5. The van der Waals surface area contributed by atoms with Crippen molar-refractivity contribution >= 4 is 17.4 Å². The van der Waals surface area contributed by atoms with Crippen LogP contribution >= 0.6 is 11.6 Å². The molecule has 0 saturated carbocycles. The van der Waals surface area contributed by atoms with Gasteiger partial charge in [-0.25, -0.2) is 0 Å². The van der Waals surface area contributed by atoms with Gasteiger partial charge >= 0.3 is 6.18 Å². The van der Waals surface area contributed by atoms with E-state index in [0.29, 0.717) is 6.07 Å². The van der Waals surface area contributed by atoms with Crippen molar-refractivity contribution in [2.24, 2.45) is 0 Å². The maximum atomic E-state index is 12.7. The molecule has 1 aromatic rings. The number of alkyl halides is 3. The van der Waals surface area contributed by atoms with E-state index >= 15 is 0 Å². The standard InChI is InChI=1S/C12H9ClF3NO2/c1-19-6-11(18)8(5-17)7-2-3-10(13)9(4-7)12(14,15)16/h2-4,8H,6H2,1H3. The van der Waals surface area contributed by atoms with E-state index in [-0.39, 0.29) is 12.2 Å². The molecule has 1 aromatic carbocycles. The number of nitriles is 1. The summed E-state index contributed by atoms with van der Waals surface area (Å²) in [6.07, 6.45) is -4.64. The molecular weight excluding hydrogens is 283 g/mol. The quantitative estimate of drug-likeness (QED) is 0.856. The van der Waals surface area contributed by atoms with Crippen LogP contribution in [-0.4, -0.2) is 19.5 Å². The summed E-state index contributed by atoms with van der Waals surface area (Å²) in [4.78, 5) is 11.6. The van der Waals surface area contributed by atoms with E-state index in [1.54, 1.807) is 6.07 Å². The maximum absolute atomic E-state index is 12.7. The highest BCUT2D eigenvalue weighted by Crippen LogP contribution is 2.36. The van der Waals surface area contributed by atoms with Gasteiger partial charge in [-0.15, -0.1) is 0 Å². The molecule has 1 rings (SSSR count). The van der Waals surface area contributed by atoms with Gasteiger partial charge in [0.05, 0.1) is 16.7 Å². The Balaban J connectivity index is 3.21. The molecule has 0 aliphatic heterocycles. The summed E-state index contributed by atoms with van der Waals surface area (Å²) in [6, 6.07) is 4.61. The van der Waals surface area contributed by atoms with Crippen molar-refractivity contribution in [2.45, 2.75) is 12.1 Å². The highest BCUT2D eigenvalue weighted by Gasteiger charge is 2.34. The highest BCUT2D eigenvalue weighted by atomic mass is 35.5. The van der Waals surface area contributed by atoms with Crippen molar-refractivity contribution in [1.29, 1.82) is 5.26 Å². The van der Waals surface area contributed by atoms with Gasteiger partial charge in [-0.2, -0.15) is 18.4 Å². The number of carbonyl (C=O) groups excluding carboxylic acids is 1. The smallest absolute Gasteiger partial charge is 0.377 e. The number of carbonyl (C=O) groups is 1. The average Bonchev–Trinajstić information content (AvgIpc) is 2.31. The minimum Gasteiger partial charge on any atom is -0.377 e. The molecule has 0 radical (unpaired) electrons. The van der Waals surface area contributed by atoms with Gasteiger partial charge in [-0.05, 0) is 17.7 Å². The fourth-order valence-electron chi connectivity index (χ4n) is 1.50. The van der Waals surface area contributed by atoms with E-state index < -0.39 is 28.5 Å². The van der Waals surface area contributed by atoms with Gasteiger partial charge in [0.1, 0.15) is 12.5 Å². The summed E-state index contributed by atoms with van der Waals surface area (Å²) in [7, 11) is 1.26. The van der Waals surface area contributed by atoms with Crippen LogP contribution in [0.15, 0.2) is 18.2 Å². The Labute approximate surface area is 112 Å². The molecular formula is C12H9ClF3NO2. The first-order chi connectivity index (χ1) is 8.81. The van der Waals surface area contributed by atoms with E-state index in [9.17, 15) is 18.0 Å². The van der Waals surface area contributed by atoms with E-state index in [2.05, 4.69) is 4.74 Å². The van der Waals surface area contributed by atoms with Crippen molar-refractivity contribution in [3.8, 4) is 6.07 Å². The van der Waals surface area contributed by atoms with Crippen molar-refractivity contribution in [2.75, 3.05) is 13.7 Å². The molecule has 3 nitrogen and oxygen atoms in total. The first-order valence-corrected chi connectivity index (χ1v) is 5.47. The Bertz CT molecular complexity index is 523. The molecule has 0 bridgehead atoms. The predicted octanol–water partition coefficient (Wildman–Crippen LogP) is 3.18. The third kappa shape index (κ3) is 3.69. The van der Waals surface area contributed by atoms with Crippen LogP contribution in [-0.2, 0) is 15.7 Å². The van der Waals surface area contributed by atoms with Gasteiger partial charge < -0.3 is 4.74 Å². The Hall–Kier alpha value is -1.58. The molecule has 1 atom stereocenters.